The van der Waals surface area contributed by atoms with Crippen molar-refractivity contribution in [3.8, 4) is 0 Å². The fourth-order valence-electron chi connectivity index (χ4n) is 2.81. The number of carbonyl (C=O) groups excluding carboxylic acids is 1. The van der Waals surface area contributed by atoms with Crippen LogP contribution in [-0.2, 0) is 4.79 Å². The van der Waals surface area contributed by atoms with Gasteiger partial charge in [0.25, 0.3) is 0 Å². The van der Waals surface area contributed by atoms with E-state index in [1.807, 2.05) is 0 Å². The van der Waals surface area contributed by atoms with Crippen molar-refractivity contribution in [1.29, 1.82) is 0 Å². The molecule has 1 atom stereocenters. The summed E-state index contributed by atoms with van der Waals surface area (Å²) in [5.74, 6) is 0.222. The van der Waals surface area contributed by atoms with Gasteiger partial charge in [-0.25, -0.2) is 0 Å². The molecule has 1 aliphatic heterocycles. The summed E-state index contributed by atoms with van der Waals surface area (Å²) in [6.07, 6.45) is 8.53. The monoisotopic (exact) mass is 224 g/mol. The maximum atomic E-state index is 11.9. The third kappa shape index (κ3) is 2.57. The molecule has 1 heterocycles. The van der Waals surface area contributed by atoms with Crippen molar-refractivity contribution in [2.24, 2.45) is 5.41 Å². The standard InChI is InChI=1S/C13H24N2O/c1-2-13(7-5-8-13)10-15-12(16)11-6-3-4-9-14-11/h11,14H,2-10H2,1H3,(H,15,16)/t11-/m1/s1. The Balaban J connectivity index is 1.74. The van der Waals surface area contributed by atoms with Crippen LogP contribution >= 0.6 is 0 Å². The highest BCUT2D eigenvalue weighted by Gasteiger charge is 2.35. The molecule has 1 saturated carbocycles. The highest BCUT2D eigenvalue weighted by Crippen LogP contribution is 2.43. The average Bonchev–Trinajstić information content (AvgIpc) is 2.29. The van der Waals surface area contributed by atoms with Gasteiger partial charge in [0.15, 0.2) is 0 Å². The SMILES string of the molecule is CCC1(CNC(=O)[C@H]2CCCCN2)CCC1. The van der Waals surface area contributed by atoms with E-state index in [1.54, 1.807) is 0 Å². The van der Waals surface area contributed by atoms with Crippen LogP contribution in [0.4, 0.5) is 0 Å². The Morgan fingerprint density at radius 2 is 2.19 bits per heavy atom. The molecule has 2 rings (SSSR count). The van der Waals surface area contributed by atoms with Gasteiger partial charge in [0.05, 0.1) is 6.04 Å². The molecule has 0 radical (unpaired) electrons. The Morgan fingerprint density at radius 3 is 2.69 bits per heavy atom. The van der Waals surface area contributed by atoms with Crippen molar-refractivity contribution in [1.82, 2.24) is 10.6 Å². The van der Waals surface area contributed by atoms with E-state index in [-0.39, 0.29) is 11.9 Å². The Bertz CT molecular complexity index is 237. The van der Waals surface area contributed by atoms with Gasteiger partial charge in [-0.05, 0) is 44.1 Å². The minimum atomic E-state index is 0.0720. The number of rotatable bonds is 4. The molecule has 0 aromatic carbocycles. The molecule has 2 aliphatic rings. The Kier molecular flexibility index (Phi) is 3.85. The summed E-state index contributed by atoms with van der Waals surface area (Å²) in [6, 6.07) is 0.0720. The van der Waals surface area contributed by atoms with Crippen LogP contribution in [0.25, 0.3) is 0 Å². The molecule has 3 nitrogen and oxygen atoms in total. The van der Waals surface area contributed by atoms with Crippen molar-refractivity contribution in [3.05, 3.63) is 0 Å². The third-order valence-electron chi connectivity index (χ3n) is 4.43. The van der Waals surface area contributed by atoms with Crippen LogP contribution in [0.5, 0.6) is 0 Å². The molecule has 2 N–H and O–H groups in total. The van der Waals surface area contributed by atoms with Crippen molar-refractivity contribution >= 4 is 5.91 Å². The van der Waals surface area contributed by atoms with Gasteiger partial charge in [-0.3, -0.25) is 4.79 Å². The zero-order valence-electron chi connectivity index (χ0n) is 10.3. The second-order valence-corrected chi connectivity index (χ2v) is 5.43. The van der Waals surface area contributed by atoms with Crippen LogP contribution in [0.15, 0.2) is 0 Å². The lowest BCUT2D eigenvalue weighted by Gasteiger charge is -2.41. The van der Waals surface area contributed by atoms with Gasteiger partial charge in [-0.15, -0.1) is 0 Å². The zero-order chi connectivity index (χ0) is 11.4. The number of carbonyl (C=O) groups is 1. The summed E-state index contributed by atoms with van der Waals surface area (Å²) in [7, 11) is 0. The van der Waals surface area contributed by atoms with E-state index in [9.17, 15) is 4.79 Å². The second kappa shape index (κ2) is 5.17. The van der Waals surface area contributed by atoms with Gasteiger partial charge in [0.1, 0.15) is 0 Å². The fourth-order valence-corrected chi connectivity index (χ4v) is 2.81. The molecule has 0 aromatic heterocycles. The molecule has 3 heteroatoms. The van der Waals surface area contributed by atoms with Crippen molar-refractivity contribution in [2.45, 2.75) is 57.9 Å². The van der Waals surface area contributed by atoms with E-state index < -0.39 is 0 Å². The number of hydrogen-bond acceptors (Lipinski definition) is 2. The topological polar surface area (TPSA) is 41.1 Å². The fraction of sp³-hybridized carbons (Fsp3) is 0.923. The first-order valence-corrected chi connectivity index (χ1v) is 6.77. The van der Waals surface area contributed by atoms with Gasteiger partial charge in [0, 0.05) is 6.54 Å². The molecule has 1 amide bonds. The summed E-state index contributed by atoms with van der Waals surface area (Å²) in [5.41, 5.74) is 0.435. The number of hydrogen-bond donors (Lipinski definition) is 2. The van der Waals surface area contributed by atoms with Crippen LogP contribution in [0.3, 0.4) is 0 Å². The molecule has 1 saturated heterocycles. The van der Waals surface area contributed by atoms with E-state index in [0.29, 0.717) is 5.41 Å². The molecular formula is C13H24N2O. The first kappa shape index (κ1) is 11.9. The summed E-state index contributed by atoms with van der Waals surface area (Å²) in [4.78, 5) is 11.9. The van der Waals surface area contributed by atoms with Gasteiger partial charge >= 0.3 is 0 Å². The normalized spacial score (nSPS) is 28.2. The maximum Gasteiger partial charge on any atom is 0.237 e. The minimum Gasteiger partial charge on any atom is -0.354 e. The Hall–Kier alpha value is -0.570. The Morgan fingerprint density at radius 1 is 1.38 bits per heavy atom. The van der Waals surface area contributed by atoms with Crippen LogP contribution in [0.2, 0.25) is 0 Å². The molecular weight excluding hydrogens is 200 g/mol. The number of nitrogens with one attached hydrogen (secondary N) is 2. The van der Waals surface area contributed by atoms with Crippen molar-refractivity contribution < 1.29 is 4.79 Å². The van der Waals surface area contributed by atoms with E-state index in [4.69, 9.17) is 0 Å². The van der Waals surface area contributed by atoms with Gasteiger partial charge in [0.2, 0.25) is 5.91 Å². The molecule has 0 aromatic rings. The van der Waals surface area contributed by atoms with Crippen LogP contribution in [-0.4, -0.2) is 25.0 Å². The van der Waals surface area contributed by atoms with E-state index in [1.165, 1.54) is 38.5 Å². The Labute approximate surface area is 98.4 Å². The number of piperidine rings is 1. The first-order valence-electron chi connectivity index (χ1n) is 6.77. The quantitative estimate of drug-likeness (QED) is 0.765. The van der Waals surface area contributed by atoms with Crippen LogP contribution in [0, 0.1) is 5.41 Å². The van der Waals surface area contributed by atoms with Gasteiger partial charge in [-0.2, -0.15) is 0 Å². The lowest BCUT2D eigenvalue weighted by Crippen LogP contribution is -2.50. The smallest absolute Gasteiger partial charge is 0.237 e. The molecule has 0 bridgehead atoms. The highest BCUT2D eigenvalue weighted by molar-refractivity contribution is 5.81. The average molecular weight is 224 g/mol. The summed E-state index contributed by atoms with van der Waals surface area (Å²) < 4.78 is 0. The van der Waals surface area contributed by atoms with Crippen molar-refractivity contribution in [3.63, 3.8) is 0 Å². The summed E-state index contributed by atoms with van der Waals surface area (Å²) >= 11 is 0. The highest BCUT2D eigenvalue weighted by atomic mass is 16.2. The second-order valence-electron chi connectivity index (χ2n) is 5.43. The molecule has 1 aliphatic carbocycles. The minimum absolute atomic E-state index is 0.0720. The summed E-state index contributed by atoms with van der Waals surface area (Å²) in [6.45, 7) is 4.13. The molecule has 2 fully saturated rings. The van der Waals surface area contributed by atoms with E-state index >= 15 is 0 Å². The molecule has 16 heavy (non-hydrogen) atoms. The largest absolute Gasteiger partial charge is 0.354 e. The lowest BCUT2D eigenvalue weighted by molar-refractivity contribution is -0.124. The lowest BCUT2D eigenvalue weighted by atomic mass is 9.67. The predicted octanol–water partition coefficient (Wildman–Crippen LogP) is 1.82. The zero-order valence-corrected chi connectivity index (χ0v) is 10.3. The number of amides is 1. The molecule has 0 spiro atoms. The van der Waals surface area contributed by atoms with Gasteiger partial charge < -0.3 is 10.6 Å². The third-order valence-corrected chi connectivity index (χ3v) is 4.43. The van der Waals surface area contributed by atoms with E-state index in [2.05, 4.69) is 17.6 Å². The first-order chi connectivity index (χ1) is 7.76. The maximum absolute atomic E-state index is 11.9. The van der Waals surface area contributed by atoms with Crippen LogP contribution in [0.1, 0.15) is 51.9 Å². The van der Waals surface area contributed by atoms with Gasteiger partial charge in [-0.1, -0.05) is 19.8 Å². The van der Waals surface area contributed by atoms with E-state index in [0.717, 1.165) is 19.5 Å². The van der Waals surface area contributed by atoms with Crippen LogP contribution < -0.4 is 10.6 Å². The molecule has 92 valence electrons. The molecule has 0 unspecified atom stereocenters. The summed E-state index contributed by atoms with van der Waals surface area (Å²) in [5, 5.41) is 6.44. The van der Waals surface area contributed by atoms with Crippen molar-refractivity contribution in [2.75, 3.05) is 13.1 Å². The predicted molar refractivity (Wildman–Crippen MR) is 65.2 cm³/mol.